The highest BCUT2D eigenvalue weighted by atomic mass is 127. The maximum atomic E-state index is 12.7. The van der Waals surface area contributed by atoms with Crippen LogP contribution in [0.3, 0.4) is 0 Å². The summed E-state index contributed by atoms with van der Waals surface area (Å²) in [5, 5.41) is 12.5. The van der Waals surface area contributed by atoms with Gasteiger partial charge in [-0.05, 0) is 103 Å². The zero-order chi connectivity index (χ0) is 22.0. The van der Waals surface area contributed by atoms with Crippen molar-refractivity contribution in [3.05, 3.63) is 53.3 Å². The van der Waals surface area contributed by atoms with E-state index < -0.39 is 23.6 Å². The number of halogens is 3. The predicted molar refractivity (Wildman–Crippen MR) is 131 cm³/mol. The second-order valence-corrected chi connectivity index (χ2v) is 9.85. The van der Waals surface area contributed by atoms with Crippen molar-refractivity contribution in [3.63, 3.8) is 0 Å². The number of anilines is 1. The van der Waals surface area contributed by atoms with Crippen LogP contribution in [0.25, 0.3) is 6.08 Å². The quantitative estimate of drug-likeness (QED) is 0.336. The fraction of sp³-hybridized carbons (Fsp3) is 0.105. The molecule has 2 N–H and O–H groups in total. The van der Waals surface area contributed by atoms with Gasteiger partial charge < -0.3 is 15.2 Å². The Morgan fingerprint density at radius 3 is 2.60 bits per heavy atom. The van der Waals surface area contributed by atoms with Crippen molar-refractivity contribution < 1.29 is 24.2 Å². The van der Waals surface area contributed by atoms with E-state index in [1.807, 2.05) is 12.1 Å². The minimum atomic E-state index is -0.618. The van der Waals surface area contributed by atoms with E-state index in [0.29, 0.717) is 26.4 Å². The molecule has 0 aromatic heterocycles. The van der Waals surface area contributed by atoms with Crippen LogP contribution in [0.5, 0.6) is 11.5 Å². The van der Waals surface area contributed by atoms with Crippen molar-refractivity contribution in [1.29, 1.82) is 0 Å². The number of nitrogens with zero attached hydrogens (tertiary/aromatic N) is 1. The number of phenolic OH excluding ortho intramolecular Hbond substituents is 1. The summed E-state index contributed by atoms with van der Waals surface area (Å²) in [6, 6.07) is 8.69. The second-order valence-electron chi connectivity index (χ2n) is 5.96. The van der Waals surface area contributed by atoms with Crippen molar-refractivity contribution in [2.24, 2.45) is 0 Å². The summed E-state index contributed by atoms with van der Waals surface area (Å²) in [4.78, 5) is 38.3. The third kappa shape index (κ3) is 5.01. The number of nitrogens with one attached hydrogen (secondary N) is 1. The first-order valence-corrected chi connectivity index (χ1v) is 11.7. The lowest BCUT2D eigenvalue weighted by Gasteiger charge is -2.13. The van der Waals surface area contributed by atoms with Crippen LogP contribution in [0.15, 0.2) is 44.2 Å². The molecule has 0 bridgehead atoms. The van der Waals surface area contributed by atoms with Crippen LogP contribution in [0.4, 0.5) is 10.5 Å². The zero-order valence-corrected chi connectivity index (χ0v) is 21.4. The van der Waals surface area contributed by atoms with Gasteiger partial charge in [-0.3, -0.25) is 19.3 Å². The monoisotopic (exact) mass is 666 g/mol. The standard InChI is InChI=1S/C19H13Br2IN2O5S/c1-29-13-7-12(20)16(21)11(17(13)26)6-14-18(27)24(19(28)30-14)8-15(25)23-10-4-2-9(22)3-5-10/h2-7,26H,8H2,1H3,(H,23,25)/b14-6-. The maximum Gasteiger partial charge on any atom is 0.294 e. The number of imide groups is 1. The number of benzene rings is 2. The minimum absolute atomic E-state index is 0.0817. The summed E-state index contributed by atoms with van der Waals surface area (Å²) in [7, 11) is 1.40. The van der Waals surface area contributed by atoms with Crippen LogP contribution in [0.1, 0.15) is 5.56 Å². The molecule has 1 saturated heterocycles. The molecule has 30 heavy (non-hydrogen) atoms. The minimum Gasteiger partial charge on any atom is -0.504 e. The molecule has 7 nitrogen and oxygen atoms in total. The fourth-order valence-electron chi connectivity index (χ4n) is 2.54. The molecule has 1 fully saturated rings. The van der Waals surface area contributed by atoms with Crippen LogP contribution >= 0.6 is 66.2 Å². The summed E-state index contributed by atoms with van der Waals surface area (Å²) in [5.74, 6) is -1.09. The Morgan fingerprint density at radius 2 is 1.97 bits per heavy atom. The summed E-state index contributed by atoms with van der Waals surface area (Å²) in [5.41, 5.74) is 0.841. The van der Waals surface area contributed by atoms with E-state index in [4.69, 9.17) is 4.74 Å². The summed E-state index contributed by atoms with van der Waals surface area (Å²) in [6.07, 6.45) is 1.38. The molecule has 2 aromatic rings. The first-order valence-electron chi connectivity index (χ1n) is 8.27. The third-order valence-corrected chi connectivity index (χ3v) is 7.63. The molecule has 0 aliphatic carbocycles. The molecule has 1 heterocycles. The maximum absolute atomic E-state index is 12.7. The Balaban J connectivity index is 1.80. The van der Waals surface area contributed by atoms with E-state index in [9.17, 15) is 19.5 Å². The number of phenols is 1. The van der Waals surface area contributed by atoms with Crippen LogP contribution in [-0.4, -0.2) is 40.7 Å². The number of hydrogen-bond donors (Lipinski definition) is 2. The van der Waals surface area contributed by atoms with Crippen molar-refractivity contribution in [1.82, 2.24) is 4.90 Å². The smallest absolute Gasteiger partial charge is 0.294 e. The molecular weight excluding hydrogens is 655 g/mol. The average molecular weight is 668 g/mol. The summed E-state index contributed by atoms with van der Waals surface area (Å²) in [6.45, 7) is -0.414. The number of rotatable bonds is 5. The highest BCUT2D eigenvalue weighted by Crippen LogP contribution is 2.43. The van der Waals surface area contributed by atoms with E-state index >= 15 is 0 Å². The SMILES string of the molecule is COc1cc(Br)c(Br)c(/C=C2\SC(=O)N(CC(=O)Nc3ccc(I)cc3)C2=O)c1O. The van der Waals surface area contributed by atoms with Gasteiger partial charge in [0.15, 0.2) is 11.5 Å². The van der Waals surface area contributed by atoms with Gasteiger partial charge in [0.1, 0.15) is 6.54 Å². The molecule has 11 heteroatoms. The predicted octanol–water partition coefficient (Wildman–Crippen LogP) is 5.21. The fourth-order valence-corrected chi connectivity index (χ4v) is 4.56. The van der Waals surface area contributed by atoms with E-state index in [2.05, 4.69) is 59.8 Å². The zero-order valence-electron chi connectivity index (χ0n) is 15.2. The van der Waals surface area contributed by atoms with Crippen LogP contribution in [0.2, 0.25) is 0 Å². The number of carbonyl (C=O) groups is 3. The molecule has 156 valence electrons. The van der Waals surface area contributed by atoms with E-state index in [0.717, 1.165) is 8.47 Å². The lowest BCUT2D eigenvalue weighted by Crippen LogP contribution is -2.36. The number of hydrogen-bond acceptors (Lipinski definition) is 6. The molecule has 3 rings (SSSR count). The lowest BCUT2D eigenvalue weighted by molar-refractivity contribution is -0.127. The van der Waals surface area contributed by atoms with E-state index in [1.165, 1.54) is 13.2 Å². The van der Waals surface area contributed by atoms with Crippen molar-refractivity contribution in [2.45, 2.75) is 0 Å². The first kappa shape index (κ1) is 23.1. The van der Waals surface area contributed by atoms with Crippen LogP contribution < -0.4 is 10.1 Å². The molecular formula is C19H13Br2IN2O5S. The van der Waals surface area contributed by atoms with Gasteiger partial charge in [-0.1, -0.05) is 0 Å². The number of thioether (sulfide) groups is 1. The highest BCUT2D eigenvalue weighted by Gasteiger charge is 2.36. The molecule has 0 unspecified atom stereocenters. The van der Waals surface area contributed by atoms with E-state index in [1.54, 1.807) is 18.2 Å². The lowest BCUT2D eigenvalue weighted by atomic mass is 10.1. The van der Waals surface area contributed by atoms with Gasteiger partial charge in [0.05, 0.1) is 12.0 Å². The van der Waals surface area contributed by atoms with Gasteiger partial charge in [-0.15, -0.1) is 0 Å². The van der Waals surface area contributed by atoms with Crippen LogP contribution in [-0.2, 0) is 9.59 Å². The molecule has 0 saturated carbocycles. The Morgan fingerprint density at radius 1 is 1.30 bits per heavy atom. The Hall–Kier alpha value is -1.57. The Kier molecular flexibility index (Phi) is 7.47. The number of carbonyl (C=O) groups excluding carboxylic acids is 3. The van der Waals surface area contributed by atoms with Crippen molar-refractivity contribution >= 4 is 95.0 Å². The average Bonchev–Trinajstić information content (AvgIpc) is 2.97. The largest absolute Gasteiger partial charge is 0.504 e. The molecule has 0 atom stereocenters. The number of amides is 3. The van der Waals surface area contributed by atoms with Gasteiger partial charge in [0.25, 0.3) is 11.1 Å². The van der Waals surface area contributed by atoms with Crippen molar-refractivity contribution in [3.8, 4) is 11.5 Å². The molecule has 0 radical (unpaired) electrons. The first-order chi connectivity index (χ1) is 14.2. The van der Waals surface area contributed by atoms with Gasteiger partial charge in [-0.25, -0.2) is 0 Å². The normalized spacial score (nSPS) is 15.1. The molecule has 0 spiro atoms. The number of methoxy groups -OCH3 is 1. The summed E-state index contributed by atoms with van der Waals surface area (Å²) >= 11 is 9.52. The Labute approximate surface area is 206 Å². The second kappa shape index (κ2) is 9.71. The van der Waals surface area contributed by atoms with Gasteiger partial charge in [0.2, 0.25) is 5.91 Å². The van der Waals surface area contributed by atoms with Crippen LogP contribution in [0, 0.1) is 3.57 Å². The summed E-state index contributed by atoms with van der Waals surface area (Å²) < 4.78 is 7.22. The molecule has 3 amide bonds. The van der Waals surface area contributed by atoms with E-state index in [-0.39, 0.29) is 22.0 Å². The third-order valence-electron chi connectivity index (χ3n) is 3.99. The Bertz CT molecular complexity index is 1080. The van der Waals surface area contributed by atoms with Crippen molar-refractivity contribution in [2.75, 3.05) is 19.0 Å². The number of ether oxygens (including phenoxy) is 1. The van der Waals surface area contributed by atoms with Gasteiger partial charge >= 0.3 is 0 Å². The van der Waals surface area contributed by atoms with Gasteiger partial charge in [-0.2, -0.15) is 0 Å². The highest BCUT2D eigenvalue weighted by molar-refractivity contribution is 14.1. The molecule has 1 aliphatic rings. The number of aromatic hydroxyl groups is 1. The van der Waals surface area contributed by atoms with Gasteiger partial charge in [0, 0.05) is 23.8 Å². The molecule has 1 aliphatic heterocycles. The molecule has 2 aromatic carbocycles. The topological polar surface area (TPSA) is 95.9 Å².